The second-order valence-electron chi connectivity index (χ2n) is 6.97. The quantitative estimate of drug-likeness (QED) is 0.920. The smallest absolute Gasteiger partial charge is 0.140 e. The van der Waals surface area contributed by atoms with Crippen molar-refractivity contribution in [3.63, 3.8) is 0 Å². The number of aromatic nitrogens is 2. The Kier molecular flexibility index (Phi) is 5.13. The molecule has 0 aliphatic heterocycles. The van der Waals surface area contributed by atoms with E-state index in [1.165, 1.54) is 24.0 Å². The molecule has 1 saturated carbocycles. The van der Waals surface area contributed by atoms with Crippen LogP contribution in [0, 0.1) is 5.92 Å². The molecule has 0 radical (unpaired) electrons. The van der Waals surface area contributed by atoms with Gasteiger partial charge in [0.25, 0.3) is 0 Å². The summed E-state index contributed by atoms with van der Waals surface area (Å²) < 4.78 is 2.32. The highest BCUT2D eigenvalue weighted by molar-refractivity contribution is 5.57. The SMILES string of the molecule is CN(C)Cc1cccc(-c2nccn2[C@@H]2CCC[C@@H](CO)C2)c1. The minimum Gasteiger partial charge on any atom is -0.396 e. The second-order valence-corrected chi connectivity index (χ2v) is 6.97. The van der Waals surface area contributed by atoms with Crippen LogP contribution in [0.1, 0.15) is 37.3 Å². The van der Waals surface area contributed by atoms with Crippen molar-refractivity contribution in [3.8, 4) is 11.4 Å². The summed E-state index contributed by atoms with van der Waals surface area (Å²) in [5.41, 5.74) is 2.49. The van der Waals surface area contributed by atoms with E-state index in [4.69, 9.17) is 0 Å². The van der Waals surface area contributed by atoms with Gasteiger partial charge >= 0.3 is 0 Å². The van der Waals surface area contributed by atoms with Gasteiger partial charge in [0.15, 0.2) is 0 Å². The summed E-state index contributed by atoms with van der Waals surface area (Å²) in [5, 5.41) is 9.48. The molecule has 1 N–H and O–H groups in total. The van der Waals surface area contributed by atoms with Crippen molar-refractivity contribution in [1.82, 2.24) is 14.5 Å². The lowest BCUT2D eigenvalue weighted by Crippen LogP contribution is -2.21. The standard InChI is InChI=1S/C19H27N3O/c1-21(2)13-15-5-3-7-17(11-15)19-20-9-10-22(19)18-8-4-6-16(12-18)14-23/h3,5,7,9-11,16,18,23H,4,6,8,12-14H2,1-2H3/t16-,18-/m1/s1. The molecule has 0 bridgehead atoms. The van der Waals surface area contributed by atoms with E-state index in [0.717, 1.165) is 25.2 Å². The Bertz CT molecular complexity index is 635. The molecule has 2 aromatic rings. The molecule has 1 aliphatic rings. The molecule has 3 rings (SSSR count). The van der Waals surface area contributed by atoms with Crippen molar-refractivity contribution in [3.05, 3.63) is 42.2 Å². The number of nitrogens with zero attached hydrogens (tertiary/aromatic N) is 3. The third-order valence-corrected chi connectivity index (χ3v) is 4.76. The summed E-state index contributed by atoms with van der Waals surface area (Å²) in [4.78, 5) is 6.80. The minimum absolute atomic E-state index is 0.304. The average molecular weight is 313 g/mol. The molecule has 1 heterocycles. The summed E-state index contributed by atoms with van der Waals surface area (Å²) in [5.74, 6) is 1.48. The van der Waals surface area contributed by atoms with Crippen LogP contribution in [0.15, 0.2) is 36.7 Å². The van der Waals surface area contributed by atoms with E-state index in [1.54, 1.807) is 0 Å². The van der Waals surface area contributed by atoms with E-state index in [-0.39, 0.29) is 0 Å². The molecule has 1 aromatic carbocycles. The molecule has 0 unspecified atom stereocenters. The van der Waals surface area contributed by atoms with Crippen LogP contribution in [0.2, 0.25) is 0 Å². The van der Waals surface area contributed by atoms with Gasteiger partial charge < -0.3 is 14.6 Å². The lowest BCUT2D eigenvalue weighted by atomic mass is 9.86. The van der Waals surface area contributed by atoms with Crippen LogP contribution in [0.25, 0.3) is 11.4 Å². The maximum Gasteiger partial charge on any atom is 0.140 e. The van der Waals surface area contributed by atoms with Gasteiger partial charge in [-0.25, -0.2) is 4.98 Å². The van der Waals surface area contributed by atoms with Gasteiger partial charge in [0.2, 0.25) is 0 Å². The molecule has 0 amide bonds. The largest absolute Gasteiger partial charge is 0.396 e. The molecule has 124 valence electrons. The van der Waals surface area contributed by atoms with Crippen LogP contribution in [0.5, 0.6) is 0 Å². The van der Waals surface area contributed by atoms with Gasteiger partial charge in [0.1, 0.15) is 5.82 Å². The summed E-state index contributed by atoms with van der Waals surface area (Å²) in [6.07, 6.45) is 8.56. The van der Waals surface area contributed by atoms with Gasteiger partial charge in [-0.1, -0.05) is 24.6 Å². The molecular formula is C19H27N3O. The van der Waals surface area contributed by atoms with E-state index in [1.807, 2.05) is 6.20 Å². The summed E-state index contributed by atoms with van der Waals surface area (Å²) >= 11 is 0. The Morgan fingerprint density at radius 1 is 1.30 bits per heavy atom. The van der Waals surface area contributed by atoms with Crippen LogP contribution < -0.4 is 0 Å². The Labute approximate surface area is 138 Å². The molecule has 0 spiro atoms. The zero-order valence-corrected chi connectivity index (χ0v) is 14.2. The fourth-order valence-corrected chi connectivity index (χ4v) is 3.69. The topological polar surface area (TPSA) is 41.3 Å². The lowest BCUT2D eigenvalue weighted by Gasteiger charge is -2.30. The van der Waals surface area contributed by atoms with Gasteiger partial charge in [-0.15, -0.1) is 0 Å². The molecule has 23 heavy (non-hydrogen) atoms. The fraction of sp³-hybridized carbons (Fsp3) is 0.526. The van der Waals surface area contributed by atoms with Crippen molar-refractivity contribution in [1.29, 1.82) is 0 Å². The Balaban J connectivity index is 1.86. The highest BCUT2D eigenvalue weighted by Crippen LogP contribution is 2.35. The van der Waals surface area contributed by atoms with Gasteiger partial charge in [0.05, 0.1) is 0 Å². The zero-order chi connectivity index (χ0) is 16.2. The van der Waals surface area contributed by atoms with E-state index in [2.05, 4.69) is 59.0 Å². The highest BCUT2D eigenvalue weighted by atomic mass is 16.3. The number of benzene rings is 1. The van der Waals surface area contributed by atoms with E-state index < -0.39 is 0 Å². The maximum atomic E-state index is 9.48. The third kappa shape index (κ3) is 3.82. The predicted molar refractivity (Wildman–Crippen MR) is 93.1 cm³/mol. The van der Waals surface area contributed by atoms with Gasteiger partial charge in [-0.2, -0.15) is 0 Å². The van der Waals surface area contributed by atoms with Gasteiger partial charge in [-0.3, -0.25) is 0 Å². The maximum absolute atomic E-state index is 9.48. The normalized spacial score (nSPS) is 21.7. The van der Waals surface area contributed by atoms with Crippen LogP contribution in [0.3, 0.4) is 0 Å². The molecule has 0 saturated heterocycles. The molecule has 2 atom stereocenters. The highest BCUT2D eigenvalue weighted by Gasteiger charge is 2.24. The number of hydrogen-bond donors (Lipinski definition) is 1. The molecule has 1 aliphatic carbocycles. The Hall–Kier alpha value is -1.65. The first kappa shape index (κ1) is 16.2. The molecule has 4 heteroatoms. The number of aliphatic hydroxyl groups excluding tert-OH is 1. The van der Waals surface area contributed by atoms with E-state index >= 15 is 0 Å². The summed E-state index contributed by atoms with van der Waals surface area (Å²) in [6.45, 7) is 1.24. The van der Waals surface area contributed by atoms with Crippen molar-refractivity contribution < 1.29 is 5.11 Å². The number of imidazole rings is 1. The lowest BCUT2D eigenvalue weighted by molar-refractivity contribution is 0.163. The fourth-order valence-electron chi connectivity index (χ4n) is 3.69. The van der Waals surface area contributed by atoms with Gasteiger partial charge in [-0.05, 0) is 50.9 Å². The van der Waals surface area contributed by atoms with Crippen molar-refractivity contribution in [2.75, 3.05) is 20.7 Å². The molecular weight excluding hydrogens is 286 g/mol. The van der Waals surface area contributed by atoms with Crippen molar-refractivity contribution in [2.24, 2.45) is 5.92 Å². The van der Waals surface area contributed by atoms with Crippen LogP contribution in [0.4, 0.5) is 0 Å². The zero-order valence-electron chi connectivity index (χ0n) is 14.2. The van der Waals surface area contributed by atoms with Gasteiger partial charge in [0, 0.05) is 37.2 Å². The third-order valence-electron chi connectivity index (χ3n) is 4.76. The van der Waals surface area contributed by atoms with Crippen molar-refractivity contribution in [2.45, 2.75) is 38.3 Å². The van der Waals surface area contributed by atoms with Crippen LogP contribution in [-0.4, -0.2) is 40.3 Å². The Morgan fingerprint density at radius 2 is 2.17 bits per heavy atom. The molecule has 4 nitrogen and oxygen atoms in total. The number of hydrogen-bond acceptors (Lipinski definition) is 3. The Morgan fingerprint density at radius 3 is 2.96 bits per heavy atom. The summed E-state index contributed by atoms with van der Waals surface area (Å²) in [7, 11) is 4.18. The monoisotopic (exact) mass is 313 g/mol. The van der Waals surface area contributed by atoms with E-state index in [9.17, 15) is 5.11 Å². The molecule has 1 fully saturated rings. The molecule has 1 aromatic heterocycles. The van der Waals surface area contributed by atoms with E-state index in [0.29, 0.717) is 18.6 Å². The minimum atomic E-state index is 0.304. The first-order valence-electron chi connectivity index (χ1n) is 8.55. The number of rotatable bonds is 5. The predicted octanol–water partition coefficient (Wildman–Crippen LogP) is 3.34. The first-order chi connectivity index (χ1) is 11.2. The number of aliphatic hydroxyl groups is 1. The second kappa shape index (κ2) is 7.28. The van der Waals surface area contributed by atoms with Crippen LogP contribution in [-0.2, 0) is 6.54 Å². The first-order valence-corrected chi connectivity index (χ1v) is 8.55. The van der Waals surface area contributed by atoms with Crippen molar-refractivity contribution >= 4 is 0 Å². The van der Waals surface area contributed by atoms with Crippen LogP contribution >= 0.6 is 0 Å². The average Bonchev–Trinajstić information content (AvgIpc) is 3.04. The summed E-state index contributed by atoms with van der Waals surface area (Å²) in [6, 6.07) is 9.12.